The van der Waals surface area contributed by atoms with Crippen LogP contribution in [0.3, 0.4) is 0 Å². The normalized spacial score (nSPS) is 40.6. The summed E-state index contributed by atoms with van der Waals surface area (Å²) in [6.45, 7) is 6.07. The van der Waals surface area contributed by atoms with Crippen LogP contribution in [0.1, 0.15) is 52.4 Å². The van der Waals surface area contributed by atoms with Gasteiger partial charge < -0.3 is 0 Å². The molecular weight excluding hydrogens is 158 g/mol. The Morgan fingerprint density at radius 3 is 2.77 bits per heavy atom. The molecule has 1 aliphatic carbocycles. The summed E-state index contributed by atoms with van der Waals surface area (Å²) in [4.78, 5) is 2.78. The van der Waals surface area contributed by atoms with Gasteiger partial charge in [0, 0.05) is 12.1 Å². The molecule has 0 amide bonds. The zero-order valence-corrected chi connectivity index (χ0v) is 9.13. The predicted octanol–water partition coefficient (Wildman–Crippen LogP) is 3.05. The molecule has 0 N–H and O–H groups in total. The van der Waals surface area contributed by atoms with Gasteiger partial charge in [-0.1, -0.05) is 19.8 Å². The molecule has 0 spiro atoms. The van der Waals surface area contributed by atoms with Gasteiger partial charge in [0.05, 0.1) is 0 Å². The largest absolute Gasteiger partial charge is 0.297 e. The minimum atomic E-state index is 0.869. The lowest BCUT2D eigenvalue weighted by atomic mass is 9.85. The molecule has 0 aromatic rings. The monoisotopic (exact) mass is 181 g/mol. The summed E-state index contributed by atoms with van der Waals surface area (Å²) in [6, 6.07) is 1.83. The lowest BCUT2D eigenvalue weighted by molar-refractivity contribution is 0.157. The predicted molar refractivity (Wildman–Crippen MR) is 56.8 cm³/mol. The van der Waals surface area contributed by atoms with Gasteiger partial charge in [0.2, 0.25) is 0 Å². The highest BCUT2D eigenvalue weighted by Crippen LogP contribution is 2.39. The van der Waals surface area contributed by atoms with Gasteiger partial charge in [-0.25, -0.2) is 0 Å². The fourth-order valence-electron chi connectivity index (χ4n) is 3.44. The van der Waals surface area contributed by atoms with Crippen molar-refractivity contribution in [3.63, 3.8) is 0 Å². The first-order valence-electron chi connectivity index (χ1n) is 6.08. The van der Waals surface area contributed by atoms with Gasteiger partial charge in [-0.3, -0.25) is 4.90 Å². The maximum Gasteiger partial charge on any atom is 0.0127 e. The quantitative estimate of drug-likeness (QED) is 0.633. The van der Waals surface area contributed by atoms with Crippen molar-refractivity contribution in [1.29, 1.82) is 0 Å². The summed E-state index contributed by atoms with van der Waals surface area (Å²) >= 11 is 0. The Bertz CT molecular complexity index is 165. The molecule has 0 aromatic heterocycles. The zero-order valence-electron chi connectivity index (χ0n) is 9.13. The van der Waals surface area contributed by atoms with Gasteiger partial charge in [0.25, 0.3) is 0 Å². The van der Waals surface area contributed by atoms with Crippen molar-refractivity contribution in [3.8, 4) is 0 Å². The topological polar surface area (TPSA) is 3.24 Å². The minimum absolute atomic E-state index is 0.869. The Labute approximate surface area is 82.5 Å². The lowest BCUT2D eigenvalue weighted by Gasteiger charge is -2.32. The van der Waals surface area contributed by atoms with Crippen molar-refractivity contribution in [1.82, 2.24) is 4.90 Å². The van der Waals surface area contributed by atoms with E-state index in [1.807, 2.05) is 0 Å². The van der Waals surface area contributed by atoms with Gasteiger partial charge >= 0.3 is 0 Å². The third kappa shape index (κ3) is 1.76. The van der Waals surface area contributed by atoms with E-state index in [0.717, 1.165) is 18.0 Å². The van der Waals surface area contributed by atoms with Crippen LogP contribution in [0.2, 0.25) is 0 Å². The molecule has 1 saturated carbocycles. The molecule has 1 nitrogen and oxygen atoms in total. The molecule has 2 fully saturated rings. The van der Waals surface area contributed by atoms with Crippen molar-refractivity contribution in [2.45, 2.75) is 64.5 Å². The SMILES string of the molecule is CCCN1C(C)CC2CCCCC21. The second kappa shape index (κ2) is 4.00. The molecule has 1 heteroatoms. The van der Waals surface area contributed by atoms with E-state index in [-0.39, 0.29) is 0 Å². The molecule has 1 heterocycles. The summed E-state index contributed by atoms with van der Waals surface area (Å²) in [5.74, 6) is 1.05. The molecule has 0 bridgehead atoms. The Kier molecular flexibility index (Phi) is 2.92. The molecule has 2 rings (SSSR count). The summed E-state index contributed by atoms with van der Waals surface area (Å²) in [7, 11) is 0. The van der Waals surface area contributed by atoms with E-state index in [4.69, 9.17) is 0 Å². The standard InChI is InChI=1S/C12H23N/c1-3-8-13-10(2)9-11-6-4-5-7-12(11)13/h10-12H,3-9H2,1-2H3. The molecule has 3 atom stereocenters. The van der Waals surface area contributed by atoms with Gasteiger partial charge in [-0.2, -0.15) is 0 Å². The van der Waals surface area contributed by atoms with Crippen LogP contribution in [0, 0.1) is 5.92 Å². The van der Waals surface area contributed by atoms with Crippen LogP contribution in [0.5, 0.6) is 0 Å². The van der Waals surface area contributed by atoms with Gasteiger partial charge in [0.1, 0.15) is 0 Å². The van der Waals surface area contributed by atoms with Crippen LogP contribution < -0.4 is 0 Å². The van der Waals surface area contributed by atoms with Crippen molar-refractivity contribution in [2.24, 2.45) is 5.92 Å². The van der Waals surface area contributed by atoms with E-state index in [1.165, 1.54) is 45.1 Å². The fourth-order valence-corrected chi connectivity index (χ4v) is 3.44. The van der Waals surface area contributed by atoms with Crippen LogP contribution in [0.15, 0.2) is 0 Å². The van der Waals surface area contributed by atoms with Crippen LogP contribution in [-0.4, -0.2) is 23.5 Å². The van der Waals surface area contributed by atoms with Crippen LogP contribution in [0.25, 0.3) is 0 Å². The van der Waals surface area contributed by atoms with Gasteiger partial charge in [0.15, 0.2) is 0 Å². The summed E-state index contributed by atoms with van der Waals surface area (Å²) < 4.78 is 0. The number of nitrogens with zero attached hydrogens (tertiary/aromatic N) is 1. The Balaban J connectivity index is 2.00. The summed E-state index contributed by atoms with van der Waals surface area (Å²) in [6.07, 6.45) is 8.77. The second-order valence-electron chi connectivity index (χ2n) is 4.93. The molecule has 1 saturated heterocycles. The molecule has 3 unspecified atom stereocenters. The molecule has 76 valence electrons. The fraction of sp³-hybridized carbons (Fsp3) is 1.00. The number of hydrogen-bond acceptors (Lipinski definition) is 1. The number of rotatable bonds is 2. The average Bonchev–Trinajstić information content (AvgIpc) is 2.44. The average molecular weight is 181 g/mol. The smallest absolute Gasteiger partial charge is 0.0127 e. The van der Waals surface area contributed by atoms with Crippen molar-refractivity contribution in [2.75, 3.05) is 6.54 Å². The zero-order chi connectivity index (χ0) is 9.26. The number of fused-ring (bicyclic) bond motifs is 1. The highest BCUT2D eigenvalue weighted by atomic mass is 15.2. The van der Waals surface area contributed by atoms with Crippen molar-refractivity contribution >= 4 is 0 Å². The maximum atomic E-state index is 2.78. The van der Waals surface area contributed by atoms with E-state index >= 15 is 0 Å². The number of hydrogen-bond donors (Lipinski definition) is 0. The Hall–Kier alpha value is -0.0400. The molecular formula is C12H23N. The van der Waals surface area contributed by atoms with E-state index in [1.54, 1.807) is 0 Å². The molecule has 1 aliphatic heterocycles. The van der Waals surface area contributed by atoms with Crippen LogP contribution in [-0.2, 0) is 0 Å². The number of likely N-dealkylation sites (tertiary alicyclic amines) is 1. The van der Waals surface area contributed by atoms with E-state index in [2.05, 4.69) is 18.7 Å². The third-order valence-corrected chi connectivity index (χ3v) is 3.99. The molecule has 2 aliphatic rings. The van der Waals surface area contributed by atoms with Gasteiger partial charge in [-0.15, -0.1) is 0 Å². The molecule has 0 radical (unpaired) electrons. The molecule has 0 aromatic carbocycles. The molecule has 13 heavy (non-hydrogen) atoms. The minimum Gasteiger partial charge on any atom is -0.297 e. The van der Waals surface area contributed by atoms with E-state index < -0.39 is 0 Å². The lowest BCUT2D eigenvalue weighted by Crippen LogP contribution is -2.38. The summed E-state index contributed by atoms with van der Waals surface area (Å²) in [5, 5.41) is 0. The first kappa shape index (κ1) is 9.51. The maximum absolute atomic E-state index is 2.78. The Morgan fingerprint density at radius 1 is 1.23 bits per heavy atom. The van der Waals surface area contributed by atoms with Crippen molar-refractivity contribution in [3.05, 3.63) is 0 Å². The highest BCUT2D eigenvalue weighted by Gasteiger charge is 2.38. The third-order valence-electron chi connectivity index (χ3n) is 3.99. The first-order chi connectivity index (χ1) is 6.33. The summed E-state index contributed by atoms with van der Waals surface area (Å²) in [5.41, 5.74) is 0. The highest BCUT2D eigenvalue weighted by molar-refractivity contribution is 4.93. The van der Waals surface area contributed by atoms with E-state index in [9.17, 15) is 0 Å². The first-order valence-corrected chi connectivity index (χ1v) is 6.08. The van der Waals surface area contributed by atoms with Crippen molar-refractivity contribution < 1.29 is 0 Å². The van der Waals surface area contributed by atoms with Crippen LogP contribution in [0.4, 0.5) is 0 Å². The van der Waals surface area contributed by atoms with Gasteiger partial charge in [-0.05, 0) is 45.1 Å². The van der Waals surface area contributed by atoms with E-state index in [0.29, 0.717) is 0 Å². The van der Waals surface area contributed by atoms with Crippen LogP contribution >= 0.6 is 0 Å². The Morgan fingerprint density at radius 2 is 2.00 bits per heavy atom. The second-order valence-corrected chi connectivity index (χ2v) is 4.93.